The molecule has 5 rings (SSSR count). The van der Waals surface area contributed by atoms with Gasteiger partial charge < -0.3 is 69.7 Å². The summed E-state index contributed by atoms with van der Waals surface area (Å²) in [5, 5.41) is 103. The van der Waals surface area contributed by atoms with Crippen LogP contribution in [0.15, 0.2) is 45.6 Å². The zero-order valence-electron chi connectivity index (χ0n) is 21.7. The summed E-state index contributed by atoms with van der Waals surface area (Å²) in [5.41, 5.74) is -1.10. The molecule has 2 aliphatic rings. The summed E-state index contributed by atoms with van der Waals surface area (Å²) in [6.07, 6.45) is -17.4. The molecule has 228 valence electrons. The van der Waals surface area contributed by atoms with Gasteiger partial charge in [-0.25, -0.2) is 0 Å². The van der Waals surface area contributed by atoms with E-state index in [0.29, 0.717) is 5.56 Å². The second-order valence-corrected chi connectivity index (χ2v) is 10.1. The van der Waals surface area contributed by atoms with Gasteiger partial charge in [-0.1, -0.05) is 0 Å². The number of aliphatic hydroxyl groups is 7. The van der Waals surface area contributed by atoms with Gasteiger partial charge in [-0.2, -0.15) is 0 Å². The van der Waals surface area contributed by atoms with Crippen LogP contribution in [-0.2, 0) is 14.2 Å². The molecule has 0 bridgehead atoms. The molecule has 3 heterocycles. The minimum Gasteiger partial charge on any atom is -0.508 e. The van der Waals surface area contributed by atoms with E-state index in [9.17, 15) is 55.9 Å². The second-order valence-electron chi connectivity index (χ2n) is 10.1. The summed E-state index contributed by atoms with van der Waals surface area (Å²) in [4.78, 5) is 13.1. The predicted molar refractivity (Wildman–Crippen MR) is 138 cm³/mol. The quantitative estimate of drug-likeness (QED) is 0.147. The van der Waals surface area contributed by atoms with Gasteiger partial charge in [-0.15, -0.1) is 0 Å². The Hall–Kier alpha value is -3.35. The van der Waals surface area contributed by atoms with E-state index in [0.717, 1.165) is 12.1 Å². The molecule has 1 aromatic heterocycles. The van der Waals surface area contributed by atoms with E-state index in [-0.39, 0.29) is 17.1 Å². The predicted octanol–water partition coefficient (Wildman–Crippen LogP) is -2.08. The molecule has 0 saturated carbocycles. The average molecular weight is 595 g/mol. The van der Waals surface area contributed by atoms with Crippen molar-refractivity contribution in [3.8, 4) is 28.6 Å². The molecule has 0 aliphatic carbocycles. The fourth-order valence-corrected chi connectivity index (χ4v) is 5.16. The first-order valence-electron chi connectivity index (χ1n) is 12.9. The average Bonchev–Trinajstić information content (AvgIpc) is 2.96. The van der Waals surface area contributed by atoms with E-state index in [1.165, 1.54) is 24.3 Å². The molecule has 10 atom stereocenters. The molecule has 2 saturated heterocycles. The lowest BCUT2D eigenvalue weighted by Crippen LogP contribution is -2.62. The van der Waals surface area contributed by atoms with E-state index >= 15 is 0 Å². The molecular formula is C27H30O15. The molecular weight excluding hydrogens is 564 g/mol. The Balaban J connectivity index is 1.58. The second kappa shape index (κ2) is 11.7. The summed E-state index contributed by atoms with van der Waals surface area (Å²) in [7, 11) is 0. The van der Waals surface area contributed by atoms with Crippen LogP contribution in [0.4, 0.5) is 0 Å². The summed E-state index contributed by atoms with van der Waals surface area (Å²) in [6.45, 7) is -1.62. The summed E-state index contributed by atoms with van der Waals surface area (Å²) >= 11 is 0. The Labute approximate surface area is 236 Å². The molecule has 10 N–H and O–H groups in total. The number of aliphatic hydroxyl groups excluding tert-OH is 7. The number of ether oxygens (including phenoxy) is 3. The Morgan fingerprint density at radius 2 is 1.38 bits per heavy atom. The van der Waals surface area contributed by atoms with Crippen LogP contribution in [0.2, 0.25) is 0 Å². The van der Waals surface area contributed by atoms with Gasteiger partial charge in [-0.3, -0.25) is 4.79 Å². The highest BCUT2D eigenvalue weighted by molar-refractivity contribution is 5.88. The first kappa shape index (κ1) is 30.1. The number of aromatic hydroxyl groups is 3. The molecule has 15 heteroatoms. The van der Waals surface area contributed by atoms with Gasteiger partial charge in [0.1, 0.15) is 88.9 Å². The molecule has 15 nitrogen and oxygen atoms in total. The van der Waals surface area contributed by atoms with Gasteiger partial charge >= 0.3 is 0 Å². The molecule has 2 aromatic carbocycles. The van der Waals surface area contributed by atoms with Gasteiger partial charge in [0.15, 0.2) is 11.7 Å². The lowest BCUT2D eigenvalue weighted by Gasteiger charge is -2.46. The van der Waals surface area contributed by atoms with Crippen LogP contribution >= 0.6 is 0 Å². The van der Waals surface area contributed by atoms with E-state index in [1.54, 1.807) is 0 Å². The molecule has 1 unspecified atom stereocenters. The SMILES string of the molecule is O=c1cc(-c2ccc(O)cc2)oc2cc(O)c([C@@H]3O[C@H](CO)[C@@H](O)[C@H](O)[C@H]3OC3O[C@H](CO)[C@@H](O)[C@H](O)[C@H]3O)c(O)c12. The zero-order chi connectivity index (χ0) is 30.5. The van der Waals surface area contributed by atoms with Gasteiger partial charge in [0.2, 0.25) is 0 Å². The Bertz CT molecular complexity index is 1470. The van der Waals surface area contributed by atoms with Crippen LogP contribution in [0.5, 0.6) is 17.2 Å². The third kappa shape index (κ3) is 5.20. The number of hydrogen-bond donors (Lipinski definition) is 10. The first-order chi connectivity index (χ1) is 20.0. The third-order valence-electron chi connectivity index (χ3n) is 7.45. The van der Waals surface area contributed by atoms with Crippen molar-refractivity contribution in [2.45, 2.75) is 61.2 Å². The van der Waals surface area contributed by atoms with Gasteiger partial charge in [0.05, 0.1) is 18.8 Å². The number of phenolic OH excluding ortho intramolecular Hbond substituents is 3. The maximum Gasteiger partial charge on any atom is 0.197 e. The Morgan fingerprint density at radius 1 is 0.762 bits per heavy atom. The van der Waals surface area contributed by atoms with Crippen molar-refractivity contribution < 1.29 is 69.7 Å². The summed E-state index contributed by atoms with van der Waals surface area (Å²) in [6, 6.07) is 7.75. The normalized spacial score (nSPS) is 33.6. The molecule has 3 aromatic rings. The first-order valence-corrected chi connectivity index (χ1v) is 12.9. The highest BCUT2D eigenvalue weighted by Crippen LogP contribution is 2.46. The Morgan fingerprint density at radius 3 is 2.02 bits per heavy atom. The minimum atomic E-state index is -1.92. The fraction of sp³-hybridized carbons (Fsp3) is 0.444. The minimum absolute atomic E-state index is 0.0247. The standard InChI is InChI=1S/C27H30O15/c28-7-15-20(34)23(37)26(42-27-24(38)22(36)19(33)16(8-29)41-27)25(40-15)18-12(32)6-14-17(21(18)35)11(31)5-13(39-14)9-1-3-10(30)4-2-9/h1-6,15-16,19-20,22-30,32-38H,7-8H2/t15-,16-,19-,20-,22+,23+,24-,25+,26-,27?/m1/s1. The summed E-state index contributed by atoms with van der Waals surface area (Å²) in [5.74, 6) is -1.53. The third-order valence-corrected chi connectivity index (χ3v) is 7.45. The number of benzene rings is 2. The number of rotatable bonds is 6. The van der Waals surface area contributed by atoms with Crippen LogP contribution < -0.4 is 5.43 Å². The smallest absolute Gasteiger partial charge is 0.197 e. The van der Waals surface area contributed by atoms with Crippen molar-refractivity contribution in [3.05, 3.63) is 52.2 Å². The van der Waals surface area contributed by atoms with Crippen molar-refractivity contribution >= 4 is 11.0 Å². The van der Waals surface area contributed by atoms with Gasteiger partial charge in [0.25, 0.3) is 0 Å². The number of fused-ring (bicyclic) bond motifs is 1. The molecule has 0 amide bonds. The number of hydrogen-bond acceptors (Lipinski definition) is 15. The molecule has 2 fully saturated rings. The van der Waals surface area contributed by atoms with Crippen LogP contribution in [0.3, 0.4) is 0 Å². The number of phenols is 3. The molecule has 0 radical (unpaired) electrons. The summed E-state index contributed by atoms with van der Waals surface area (Å²) < 4.78 is 22.4. The van der Waals surface area contributed by atoms with E-state index < -0.39 is 102 Å². The topological polar surface area (TPSA) is 260 Å². The van der Waals surface area contributed by atoms with Crippen molar-refractivity contribution in [2.24, 2.45) is 0 Å². The Kier molecular flexibility index (Phi) is 8.41. The van der Waals surface area contributed by atoms with Crippen molar-refractivity contribution in [2.75, 3.05) is 13.2 Å². The van der Waals surface area contributed by atoms with Crippen molar-refractivity contribution in [3.63, 3.8) is 0 Å². The van der Waals surface area contributed by atoms with E-state index in [1.807, 2.05) is 0 Å². The lowest BCUT2D eigenvalue weighted by molar-refractivity contribution is -0.342. The highest BCUT2D eigenvalue weighted by atomic mass is 16.7. The van der Waals surface area contributed by atoms with Crippen LogP contribution in [-0.4, -0.2) is 119 Å². The van der Waals surface area contributed by atoms with Gasteiger partial charge in [-0.05, 0) is 24.3 Å². The monoisotopic (exact) mass is 594 g/mol. The molecule has 42 heavy (non-hydrogen) atoms. The van der Waals surface area contributed by atoms with E-state index in [4.69, 9.17) is 18.6 Å². The van der Waals surface area contributed by atoms with Crippen LogP contribution in [0.25, 0.3) is 22.3 Å². The van der Waals surface area contributed by atoms with Crippen molar-refractivity contribution in [1.82, 2.24) is 0 Å². The maximum absolute atomic E-state index is 13.1. The van der Waals surface area contributed by atoms with Crippen LogP contribution in [0.1, 0.15) is 11.7 Å². The van der Waals surface area contributed by atoms with E-state index in [2.05, 4.69) is 0 Å². The fourth-order valence-electron chi connectivity index (χ4n) is 5.16. The van der Waals surface area contributed by atoms with Crippen LogP contribution in [0, 0.1) is 0 Å². The largest absolute Gasteiger partial charge is 0.508 e. The van der Waals surface area contributed by atoms with Crippen molar-refractivity contribution in [1.29, 1.82) is 0 Å². The maximum atomic E-state index is 13.1. The van der Waals surface area contributed by atoms with Gasteiger partial charge in [0, 0.05) is 17.7 Å². The lowest BCUT2D eigenvalue weighted by atomic mass is 9.89. The molecule has 0 spiro atoms. The molecule has 2 aliphatic heterocycles. The zero-order valence-corrected chi connectivity index (χ0v) is 21.7. The highest BCUT2D eigenvalue weighted by Gasteiger charge is 2.52.